The third kappa shape index (κ3) is 1.78. The molecule has 0 saturated carbocycles. The molecule has 2 heterocycles. The molecule has 0 spiro atoms. The Morgan fingerprint density at radius 1 is 1.40 bits per heavy atom. The minimum absolute atomic E-state index is 0.235. The van der Waals surface area contributed by atoms with Crippen LogP contribution in [0.25, 0.3) is 5.65 Å². The van der Waals surface area contributed by atoms with Gasteiger partial charge in [0.1, 0.15) is 6.04 Å². The van der Waals surface area contributed by atoms with E-state index in [4.69, 9.17) is 5.73 Å². The zero-order valence-corrected chi connectivity index (χ0v) is 7.44. The zero-order chi connectivity index (χ0) is 11.1. The molecule has 80 valence electrons. The molecule has 1 atom stereocenters. The number of aromatic nitrogens is 3. The number of hydrogen-bond acceptors (Lipinski definition) is 3. The molecule has 0 aliphatic rings. The van der Waals surface area contributed by atoms with E-state index in [1.807, 2.05) is 0 Å². The van der Waals surface area contributed by atoms with Crippen molar-refractivity contribution in [2.45, 2.75) is 12.2 Å². The highest BCUT2D eigenvalue weighted by molar-refractivity contribution is 5.39. The Labute approximate surface area is 82.5 Å². The minimum atomic E-state index is -4.49. The maximum atomic E-state index is 12.3. The van der Waals surface area contributed by atoms with Gasteiger partial charge >= 0.3 is 6.18 Å². The Kier molecular flexibility index (Phi) is 2.11. The van der Waals surface area contributed by atoms with E-state index in [0.29, 0.717) is 5.65 Å². The Balaban J connectivity index is 2.45. The van der Waals surface area contributed by atoms with Gasteiger partial charge in [0.25, 0.3) is 0 Å². The van der Waals surface area contributed by atoms with E-state index in [9.17, 15) is 13.2 Å². The summed E-state index contributed by atoms with van der Waals surface area (Å²) in [7, 11) is 0. The summed E-state index contributed by atoms with van der Waals surface area (Å²) < 4.78 is 38.1. The van der Waals surface area contributed by atoms with Gasteiger partial charge in [-0.25, -0.2) is 9.50 Å². The van der Waals surface area contributed by atoms with E-state index < -0.39 is 12.2 Å². The molecule has 4 nitrogen and oxygen atoms in total. The monoisotopic (exact) mass is 216 g/mol. The molecule has 0 amide bonds. The van der Waals surface area contributed by atoms with Crippen molar-refractivity contribution in [2.75, 3.05) is 0 Å². The third-order valence-electron chi connectivity index (χ3n) is 1.93. The molecule has 15 heavy (non-hydrogen) atoms. The first-order valence-corrected chi connectivity index (χ1v) is 4.11. The highest BCUT2D eigenvalue weighted by atomic mass is 19.4. The summed E-state index contributed by atoms with van der Waals surface area (Å²) >= 11 is 0. The van der Waals surface area contributed by atoms with E-state index in [0.717, 1.165) is 0 Å². The van der Waals surface area contributed by atoms with Crippen LogP contribution < -0.4 is 5.73 Å². The molecule has 0 radical (unpaired) electrons. The summed E-state index contributed by atoms with van der Waals surface area (Å²) in [5, 5.41) is 3.69. The average Bonchev–Trinajstić information content (AvgIpc) is 2.58. The topological polar surface area (TPSA) is 56.2 Å². The van der Waals surface area contributed by atoms with Crippen LogP contribution in [0.4, 0.5) is 13.2 Å². The van der Waals surface area contributed by atoms with Crippen LogP contribution in [0, 0.1) is 0 Å². The van der Waals surface area contributed by atoms with Crippen molar-refractivity contribution < 1.29 is 13.2 Å². The van der Waals surface area contributed by atoms with Gasteiger partial charge in [0.05, 0.1) is 5.69 Å². The standard InChI is InChI=1S/C8H7F3N4/c9-8(10,11)7(12)5-4-6-13-2-1-3-15(6)14-5/h1-4,7H,12H2. The maximum Gasteiger partial charge on any atom is 0.409 e. The fourth-order valence-electron chi connectivity index (χ4n) is 1.17. The number of nitrogens with zero attached hydrogens (tertiary/aromatic N) is 3. The first kappa shape index (κ1) is 9.91. The molecule has 7 heteroatoms. The zero-order valence-electron chi connectivity index (χ0n) is 7.44. The minimum Gasteiger partial charge on any atom is -0.315 e. The predicted molar refractivity (Wildman–Crippen MR) is 46.0 cm³/mol. The summed E-state index contributed by atoms with van der Waals surface area (Å²) in [4.78, 5) is 3.84. The van der Waals surface area contributed by atoms with Crippen LogP contribution in [0.5, 0.6) is 0 Å². The van der Waals surface area contributed by atoms with E-state index in [-0.39, 0.29) is 5.69 Å². The van der Waals surface area contributed by atoms with E-state index >= 15 is 0 Å². The van der Waals surface area contributed by atoms with E-state index in [2.05, 4.69) is 10.1 Å². The van der Waals surface area contributed by atoms with Crippen LogP contribution >= 0.6 is 0 Å². The number of alkyl halides is 3. The number of hydrogen-bond donors (Lipinski definition) is 1. The second kappa shape index (κ2) is 3.20. The Hall–Kier alpha value is -1.63. The highest BCUT2D eigenvalue weighted by Crippen LogP contribution is 2.29. The summed E-state index contributed by atoms with van der Waals surface area (Å²) in [5.41, 5.74) is 5.11. The molecule has 2 aromatic rings. The fourth-order valence-corrected chi connectivity index (χ4v) is 1.17. The summed E-state index contributed by atoms with van der Waals surface area (Å²) in [6.45, 7) is 0. The predicted octanol–water partition coefficient (Wildman–Crippen LogP) is 1.29. The van der Waals surface area contributed by atoms with Gasteiger partial charge in [-0.3, -0.25) is 0 Å². The van der Waals surface area contributed by atoms with Crippen LogP contribution in [0.2, 0.25) is 0 Å². The largest absolute Gasteiger partial charge is 0.409 e. The summed E-state index contributed by atoms with van der Waals surface area (Å²) in [6, 6.07) is 0.723. The van der Waals surface area contributed by atoms with Crippen molar-refractivity contribution in [3.8, 4) is 0 Å². The Morgan fingerprint density at radius 3 is 2.73 bits per heavy atom. The average molecular weight is 216 g/mol. The van der Waals surface area contributed by atoms with Crippen LogP contribution in [0.15, 0.2) is 24.5 Å². The molecule has 0 bridgehead atoms. The number of rotatable bonds is 1. The van der Waals surface area contributed by atoms with Gasteiger partial charge < -0.3 is 5.73 Å². The molecular weight excluding hydrogens is 209 g/mol. The SMILES string of the molecule is NC(c1cc2ncccn2n1)C(F)(F)F. The fraction of sp³-hybridized carbons (Fsp3) is 0.250. The van der Waals surface area contributed by atoms with Gasteiger partial charge in [0.2, 0.25) is 0 Å². The summed E-state index contributed by atoms with van der Waals surface area (Å²) in [5.74, 6) is 0. The lowest BCUT2D eigenvalue weighted by Crippen LogP contribution is -2.28. The van der Waals surface area contributed by atoms with Crippen LogP contribution in [-0.4, -0.2) is 20.8 Å². The van der Waals surface area contributed by atoms with E-state index in [1.165, 1.54) is 23.0 Å². The molecule has 0 aromatic carbocycles. The van der Waals surface area contributed by atoms with Crippen LogP contribution in [0.1, 0.15) is 11.7 Å². The van der Waals surface area contributed by atoms with Crippen molar-refractivity contribution in [2.24, 2.45) is 5.73 Å². The lowest BCUT2D eigenvalue weighted by atomic mass is 10.2. The first-order chi connectivity index (χ1) is 6.98. The molecule has 1 unspecified atom stereocenters. The lowest BCUT2D eigenvalue weighted by molar-refractivity contribution is -0.150. The van der Waals surface area contributed by atoms with Crippen molar-refractivity contribution in [3.63, 3.8) is 0 Å². The number of fused-ring (bicyclic) bond motifs is 1. The smallest absolute Gasteiger partial charge is 0.315 e. The third-order valence-corrected chi connectivity index (χ3v) is 1.93. The van der Waals surface area contributed by atoms with Crippen molar-refractivity contribution in [1.82, 2.24) is 14.6 Å². The first-order valence-electron chi connectivity index (χ1n) is 4.11. The van der Waals surface area contributed by atoms with Gasteiger partial charge in [-0.2, -0.15) is 18.3 Å². The Bertz CT molecular complexity index is 443. The molecule has 0 saturated heterocycles. The van der Waals surface area contributed by atoms with Gasteiger partial charge in [-0.05, 0) is 6.07 Å². The molecule has 0 aliphatic carbocycles. The molecule has 2 N–H and O–H groups in total. The van der Waals surface area contributed by atoms with Crippen molar-refractivity contribution in [3.05, 3.63) is 30.2 Å². The van der Waals surface area contributed by atoms with Gasteiger partial charge in [-0.15, -0.1) is 0 Å². The maximum absolute atomic E-state index is 12.3. The highest BCUT2D eigenvalue weighted by Gasteiger charge is 2.39. The Morgan fingerprint density at radius 2 is 2.13 bits per heavy atom. The molecular formula is C8H7F3N4. The van der Waals surface area contributed by atoms with Crippen LogP contribution in [-0.2, 0) is 0 Å². The summed E-state index contributed by atoms with van der Waals surface area (Å²) in [6.07, 6.45) is -1.51. The molecule has 0 fully saturated rings. The van der Waals surface area contributed by atoms with Gasteiger partial charge in [0.15, 0.2) is 5.65 Å². The quantitative estimate of drug-likeness (QED) is 0.781. The van der Waals surface area contributed by atoms with E-state index in [1.54, 1.807) is 6.07 Å². The van der Waals surface area contributed by atoms with Crippen molar-refractivity contribution >= 4 is 5.65 Å². The normalized spacial score (nSPS) is 14.4. The second-order valence-corrected chi connectivity index (χ2v) is 3.01. The number of nitrogens with two attached hydrogens (primary N) is 1. The van der Waals surface area contributed by atoms with Gasteiger partial charge in [-0.1, -0.05) is 0 Å². The van der Waals surface area contributed by atoms with Crippen molar-refractivity contribution in [1.29, 1.82) is 0 Å². The lowest BCUT2D eigenvalue weighted by Gasteiger charge is -2.11. The molecule has 2 rings (SSSR count). The second-order valence-electron chi connectivity index (χ2n) is 3.01. The number of halogens is 3. The van der Waals surface area contributed by atoms with Crippen LogP contribution in [0.3, 0.4) is 0 Å². The molecule has 2 aromatic heterocycles. The van der Waals surface area contributed by atoms with Gasteiger partial charge in [0, 0.05) is 18.5 Å². The molecule has 0 aliphatic heterocycles.